The molecule has 1 unspecified atom stereocenters. The third-order valence-corrected chi connectivity index (χ3v) is 6.33. The Morgan fingerprint density at radius 2 is 2.16 bits per heavy atom. The van der Waals surface area contributed by atoms with Crippen LogP contribution >= 0.6 is 15.9 Å². The lowest BCUT2D eigenvalue weighted by Crippen LogP contribution is -2.44. The van der Waals surface area contributed by atoms with Crippen molar-refractivity contribution in [3.63, 3.8) is 0 Å². The molecule has 1 aliphatic heterocycles. The minimum absolute atomic E-state index is 0.102. The molecular weight excluding hydrogens is 332 g/mol. The van der Waals surface area contributed by atoms with Gasteiger partial charge in [-0.15, -0.1) is 5.10 Å². The molecule has 0 spiro atoms. The van der Waals surface area contributed by atoms with E-state index < -0.39 is 10.0 Å². The van der Waals surface area contributed by atoms with Gasteiger partial charge in [-0.1, -0.05) is 25.0 Å². The summed E-state index contributed by atoms with van der Waals surface area (Å²) in [6, 6.07) is 0.102. The Balaban J connectivity index is 2.37. The Labute approximate surface area is 122 Å². The average molecular weight is 351 g/mol. The molecular formula is C11H19BrN4O2S. The smallest absolute Gasteiger partial charge is 0.235 e. The topological polar surface area (TPSA) is 68.1 Å². The molecule has 2 heterocycles. The van der Waals surface area contributed by atoms with Gasteiger partial charge in [-0.05, 0) is 35.2 Å². The van der Waals surface area contributed by atoms with Crippen molar-refractivity contribution in [2.75, 3.05) is 6.54 Å². The number of aryl methyl sites for hydroxylation is 1. The second-order valence-electron chi connectivity index (χ2n) is 4.86. The lowest BCUT2D eigenvalue weighted by molar-refractivity contribution is 0.238. The summed E-state index contributed by atoms with van der Waals surface area (Å²) < 4.78 is 28.8. The summed E-state index contributed by atoms with van der Waals surface area (Å²) >= 11 is 3.18. The van der Waals surface area contributed by atoms with E-state index in [9.17, 15) is 8.42 Å². The Morgan fingerprint density at radius 1 is 1.42 bits per heavy atom. The van der Waals surface area contributed by atoms with Crippen molar-refractivity contribution < 1.29 is 8.42 Å². The van der Waals surface area contributed by atoms with Crippen molar-refractivity contribution in [1.29, 1.82) is 0 Å². The molecule has 1 aromatic rings. The maximum atomic E-state index is 12.8. The van der Waals surface area contributed by atoms with E-state index in [2.05, 4.69) is 33.2 Å². The van der Waals surface area contributed by atoms with Crippen LogP contribution in [0.1, 0.15) is 39.0 Å². The van der Waals surface area contributed by atoms with Gasteiger partial charge in [-0.25, -0.2) is 13.1 Å². The number of piperidine rings is 1. The van der Waals surface area contributed by atoms with Gasteiger partial charge in [0.25, 0.3) is 10.0 Å². The van der Waals surface area contributed by atoms with E-state index in [4.69, 9.17) is 0 Å². The number of halogens is 1. The Bertz CT molecular complexity index is 521. The molecule has 0 bridgehead atoms. The summed E-state index contributed by atoms with van der Waals surface area (Å²) in [7, 11) is -1.93. The quantitative estimate of drug-likeness (QED) is 0.831. The van der Waals surface area contributed by atoms with Crippen LogP contribution in [-0.4, -0.2) is 40.3 Å². The second kappa shape index (κ2) is 5.88. The van der Waals surface area contributed by atoms with E-state index in [1.807, 2.05) is 0 Å². The standard InChI is InChI=1S/C11H19BrN4O2S/c1-3-6-9-7-4-5-8-16(9)19(17,18)11-10(12)13-14-15(11)2/h9H,3-8H2,1-2H3. The number of nitrogens with zero attached hydrogens (tertiary/aromatic N) is 4. The second-order valence-corrected chi connectivity index (χ2v) is 7.42. The number of sulfonamides is 1. The van der Waals surface area contributed by atoms with E-state index in [0.29, 0.717) is 6.54 Å². The highest BCUT2D eigenvalue weighted by Crippen LogP contribution is 2.29. The van der Waals surface area contributed by atoms with Crippen LogP contribution in [0.2, 0.25) is 0 Å². The molecule has 0 aliphatic carbocycles. The highest BCUT2D eigenvalue weighted by atomic mass is 79.9. The SMILES string of the molecule is CCCC1CCCCN1S(=O)(=O)c1c(Br)nnn1C. The summed E-state index contributed by atoms with van der Waals surface area (Å²) in [5, 5.41) is 7.68. The van der Waals surface area contributed by atoms with Gasteiger partial charge in [0, 0.05) is 19.6 Å². The number of hydrogen-bond acceptors (Lipinski definition) is 4. The van der Waals surface area contributed by atoms with E-state index in [1.165, 1.54) is 4.68 Å². The van der Waals surface area contributed by atoms with Crippen molar-refractivity contribution in [3.8, 4) is 0 Å². The van der Waals surface area contributed by atoms with Crippen LogP contribution in [0.3, 0.4) is 0 Å². The molecule has 6 nitrogen and oxygen atoms in total. The Kier molecular flexibility index (Phi) is 4.62. The molecule has 108 valence electrons. The predicted molar refractivity (Wildman–Crippen MR) is 75.1 cm³/mol. The van der Waals surface area contributed by atoms with Crippen molar-refractivity contribution in [3.05, 3.63) is 4.60 Å². The summed E-state index contributed by atoms with van der Waals surface area (Å²) in [6.45, 7) is 2.67. The molecule has 0 radical (unpaired) electrons. The first kappa shape index (κ1) is 14.9. The fourth-order valence-corrected chi connectivity index (χ4v) is 5.38. The van der Waals surface area contributed by atoms with Gasteiger partial charge >= 0.3 is 0 Å². The molecule has 1 atom stereocenters. The third-order valence-electron chi connectivity index (χ3n) is 3.49. The first-order chi connectivity index (χ1) is 8.98. The summed E-state index contributed by atoms with van der Waals surface area (Å²) in [6.07, 6.45) is 4.85. The summed E-state index contributed by atoms with van der Waals surface area (Å²) in [5.74, 6) is 0. The molecule has 8 heteroatoms. The molecule has 1 fully saturated rings. The first-order valence-electron chi connectivity index (χ1n) is 6.55. The fourth-order valence-electron chi connectivity index (χ4n) is 2.62. The minimum Gasteiger partial charge on any atom is -0.235 e. The van der Waals surface area contributed by atoms with Crippen LogP contribution in [0, 0.1) is 0 Å². The van der Waals surface area contributed by atoms with E-state index >= 15 is 0 Å². The maximum Gasteiger partial charge on any atom is 0.263 e. The largest absolute Gasteiger partial charge is 0.263 e. The van der Waals surface area contributed by atoms with Crippen LogP contribution in [0.15, 0.2) is 9.63 Å². The molecule has 1 aliphatic rings. The number of aromatic nitrogens is 3. The summed E-state index contributed by atoms with van der Waals surface area (Å²) in [4.78, 5) is 0. The average Bonchev–Trinajstić information content (AvgIpc) is 2.70. The van der Waals surface area contributed by atoms with Gasteiger partial charge in [0.1, 0.15) is 0 Å². The van der Waals surface area contributed by atoms with E-state index in [-0.39, 0.29) is 15.7 Å². The normalized spacial score (nSPS) is 21.7. The molecule has 0 saturated carbocycles. The molecule has 2 rings (SSSR count). The molecule has 0 N–H and O–H groups in total. The summed E-state index contributed by atoms with van der Waals surface area (Å²) in [5.41, 5.74) is 0. The van der Waals surface area contributed by atoms with Crippen LogP contribution in [0.4, 0.5) is 0 Å². The number of rotatable bonds is 4. The Hall–Kier alpha value is -0.470. The van der Waals surface area contributed by atoms with Gasteiger partial charge in [0.15, 0.2) is 4.60 Å². The van der Waals surface area contributed by atoms with Gasteiger partial charge < -0.3 is 0 Å². The zero-order valence-electron chi connectivity index (χ0n) is 11.2. The minimum atomic E-state index is -3.53. The zero-order valence-corrected chi connectivity index (χ0v) is 13.6. The fraction of sp³-hybridized carbons (Fsp3) is 0.818. The van der Waals surface area contributed by atoms with E-state index in [1.54, 1.807) is 11.4 Å². The van der Waals surface area contributed by atoms with Gasteiger partial charge in [-0.3, -0.25) is 0 Å². The number of hydrogen-bond donors (Lipinski definition) is 0. The van der Waals surface area contributed by atoms with Crippen LogP contribution < -0.4 is 0 Å². The van der Waals surface area contributed by atoms with Gasteiger partial charge in [0.2, 0.25) is 5.03 Å². The maximum absolute atomic E-state index is 12.8. The molecule has 19 heavy (non-hydrogen) atoms. The third kappa shape index (κ3) is 2.85. The molecule has 0 aromatic carbocycles. The van der Waals surface area contributed by atoms with Crippen molar-refractivity contribution in [2.45, 2.75) is 50.1 Å². The first-order valence-corrected chi connectivity index (χ1v) is 8.78. The van der Waals surface area contributed by atoms with Crippen molar-refractivity contribution in [2.24, 2.45) is 7.05 Å². The molecule has 1 aromatic heterocycles. The zero-order chi connectivity index (χ0) is 14.0. The van der Waals surface area contributed by atoms with Crippen molar-refractivity contribution >= 4 is 26.0 Å². The van der Waals surface area contributed by atoms with Crippen LogP contribution in [0.25, 0.3) is 0 Å². The highest BCUT2D eigenvalue weighted by Gasteiger charge is 2.36. The van der Waals surface area contributed by atoms with Crippen LogP contribution in [-0.2, 0) is 17.1 Å². The van der Waals surface area contributed by atoms with Crippen LogP contribution in [0.5, 0.6) is 0 Å². The monoisotopic (exact) mass is 350 g/mol. The van der Waals surface area contributed by atoms with Gasteiger partial charge in [0.05, 0.1) is 0 Å². The lowest BCUT2D eigenvalue weighted by Gasteiger charge is -2.34. The molecule has 1 saturated heterocycles. The van der Waals surface area contributed by atoms with E-state index in [0.717, 1.165) is 32.1 Å². The lowest BCUT2D eigenvalue weighted by atomic mass is 10.0. The van der Waals surface area contributed by atoms with Gasteiger partial charge in [-0.2, -0.15) is 4.31 Å². The predicted octanol–water partition coefficient (Wildman–Crippen LogP) is 1.92. The Morgan fingerprint density at radius 3 is 2.74 bits per heavy atom. The van der Waals surface area contributed by atoms with Crippen molar-refractivity contribution in [1.82, 2.24) is 19.3 Å². The highest BCUT2D eigenvalue weighted by molar-refractivity contribution is 9.10. The molecule has 0 amide bonds.